The van der Waals surface area contributed by atoms with Crippen LogP contribution in [0.4, 0.5) is 5.69 Å². The zero-order valence-electron chi connectivity index (χ0n) is 19.5. The Kier molecular flexibility index (Phi) is 5.20. The summed E-state index contributed by atoms with van der Waals surface area (Å²) in [6, 6.07) is 9.22. The van der Waals surface area contributed by atoms with Gasteiger partial charge in [-0.25, -0.2) is 0 Å². The van der Waals surface area contributed by atoms with E-state index in [1.54, 1.807) is 4.68 Å². The number of nitrogens with zero attached hydrogens (tertiary/aromatic N) is 4. The van der Waals surface area contributed by atoms with E-state index in [4.69, 9.17) is 0 Å². The van der Waals surface area contributed by atoms with Gasteiger partial charge in [0.25, 0.3) is 5.91 Å². The van der Waals surface area contributed by atoms with Crippen molar-refractivity contribution in [1.82, 2.24) is 14.7 Å². The normalized spacial score (nSPS) is 22.3. The summed E-state index contributed by atoms with van der Waals surface area (Å²) in [5.41, 5.74) is 5.39. The molecule has 1 atom stereocenters. The van der Waals surface area contributed by atoms with Crippen LogP contribution in [-0.4, -0.2) is 46.3 Å². The van der Waals surface area contributed by atoms with Crippen LogP contribution in [0.3, 0.4) is 0 Å². The highest BCUT2D eigenvalue weighted by atomic mass is 16.2. The van der Waals surface area contributed by atoms with Crippen molar-refractivity contribution in [2.24, 2.45) is 13.0 Å². The molecule has 1 aliphatic carbocycles. The molecule has 2 aromatic rings. The van der Waals surface area contributed by atoms with Crippen LogP contribution in [0.25, 0.3) is 0 Å². The third-order valence-corrected chi connectivity index (χ3v) is 8.47. The molecule has 1 amide bonds. The number of amides is 1. The standard InChI is InChI=1S/C26H36N4O/c1-18-9-10-24-22(15-18)26(17-30(24)25(31)23-16-19(2)28(4)27-23)11-13-29(14-12-26)20(3)21-7-5-6-8-21/h9-10,15-16,20-21H,5-8,11-14,17H2,1-4H3. The van der Waals surface area contributed by atoms with Gasteiger partial charge in [0.15, 0.2) is 5.69 Å². The fourth-order valence-corrected chi connectivity index (χ4v) is 6.29. The fraction of sp³-hybridized carbons (Fsp3) is 0.615. The van der Waals surface area contributed by atoms with Crippen LogP contribution in [0.1, 0.15) is 72.8 Å². The molecule has 1 saturated heterocycles. The lowest BCUT2D eigenvalue weighted by atomic mass is 9.73. The quantitative estimate of drug-likeness (QED) is 0.728. The molecular weight excluding hydrogens is 384 g/mol. The summed E-state index contributed by atoms with van der Waals surface area (Å²) in [6.07, 6.45) is 7.87. The van der Waals surface area contributed by atoms with Crippen LogP contribution in [0.15, 0.2) is 24.3 Å². The maximum absolute atomic E-state index is 13.5. The second-order valence-electron chi connectivity index (χ2n) is 10.3. The second-order valence-corrected chi connectivity index (χ2v) is 10.3. The van der Waals surface area contributed by atoms with Gasteiger partial charge in [0.1, 0.15) is 0 Å². The van der Waals surface area contributed by atoms with Crippen LogP contribution in [0.2, 0.25) is 0 Å². The van der Waals surface area contributed by atoms with E-state index in [9.17, 15) is 4.79 Å². The third kappa shape index (κ3) is 3.51. The number of piperidine rings is 1. The van der Waals surface area contributed by atoms with Crippen molar-refractivity contribution in [3.8, 4) is 0 Å². The predicted molar refractivity (Wildman–Crippen MR) is 125 cm³/mol. The van der Waals surface area contributed by atoms with Crippen molar-refractivity contribution in [1.29, 1.82) is 0 Å². The van der Waals surface area contributed by atoms with Gasteiger partial charge in [-0.15, -0.1) is 0 Å². The highest BCUT2D eigenvalue weighted by Gasteiger charge is 2.47. The summed E-state index contributed by atoms with van der Waals surface area (Å²) in [6.45, 7) is 9.66. The van der Waals surface area contributed by atoms with Crippen molar-refractivity contribution in [3.63, 3.8) is 0 Å². The molecule has 1 aromatic heterocycles. The summed E-state index contributed by atoms with van der Waals surface area (Å²) in [5.74, 6) is 0.907. The van der Waals surface area contributed by atoms with Crippen molar-refractivity contribution >= 4 is 11.6 Å². The van der Waals surface area contributed by atoms with Crippen LogP contribution < -0.4 is 4.90 Å². The van der Waals surface area contributed by atoms with Gasteiger partial charge >= 0.3 is 0 Å². The van der Waals surface area contributed by atoms with Crippen LogP contribution in [-0.2, 0) is 12.5 Å². The number of benzene rings is 1. The second kappa shape index (κ2) is 7.77. The Morgan fingerprint density at radius 2 is 1.84 bits per heavy atom. The first kappa shape index (κ1) is 20.7. The number of hydrogen-bond acceptors (Lipinski definition) is 3. The van der Waals surface area contributed by atoms with Crippen molar-refractivity contribution in [3.05, 3.63) is 46.8 Å². The maximum atomic E-state index is 13.5. The van der Waals surface area contributed by atoms with Crippen molar-refractivity contribution in [2.45, 2.75) is 70.8 Å². The van der Waals surface area contributed by atoms with Gasteiger partial charge in [-0.3, -0.25) is 9.48 Å². The Morgan fingerprint density at radius 3 is 2.48 bits per heavy atom. The smallest absolute Gasteiger partial charge is 0.278 e. The van der Waals surface area contributed by atoms with Gasteiger partial charge in [-0.05, 0) is 83.2 Å². The molecule has 1 aromatic carbocycles. The monoisotopic (exact) mass is 420 g/mol. The molecule has 5 nitrogen and oxygen atoms in total. The first-order valence-corrected chi connectivity index (χ1v) is 12.1. The molecule has 1 unspecified atom stereocenters. The van der Waals surface area contributed by atoms with Gasteiger partial charge in [-0.1, -0.05) is 30.5 Å². The van der Waals surface area contributed by atoms with E-state index in [1.807, 2.05) is 24.9 Å². The number of rotatable bonds is 3. The number of hydrogen-bond donors (Lipinski definition) is 0. The lowest BCUT2D eigenvalue weighted by Crippen LogP contribution is -2.50. The Hall–Kier alpha value is -2.14. The number of carbonyl (C=O) groups excluding carboxylic acids is 1. The molecule has 1 spiro atoms. The number of anilines is 1. The zero-order valence-corrected chi connectivity index (χ0v) is 19.5. The number of fused-ring (bicyclic) bond motifs is 2. The van der Waals surface area contributed by atoms with Gasteiger partial charge in [-0.2, -0.15) is 5.10 Å². The van der Waals surface area contributed by atoms with Crippen LogP contribution >= 0.6 is 0 Å². The SMILES string of the molecule is Cc1ccc2c(c1)C1(CCN(C(C)C3CCCC3)CC1)CN2C(=O)c1cc(C)n(C)n1. The van der Waals surface area contributed by atoms with E-state index in [-0.39, 0.29) is 11.3 Å². The first-order valence-electron chi connectivity index (χ1n) is 12.1. The summed E-state index contributed by atoms with van der Waals surface area (Å²) >= 11 is 0. The van der Waals surface area contributed by atoms with Crippen molar-refractivity contribution < 1.29 is 4.79 Å². The molecule has 3 aliphatic rings. The lowest BCUT2D eigenvalue weighted by molar-refractivity contribution is 0.0902. The van der Waals surface area contributed by atoms with E-state index in [1.165, 1.54) is 36.8 Å². The average Bonchev–Trinajstić information content (AvgIpc) is 3.48. The molecule has 2 aliphatic heterocycles. The molecule has 1 saturated carbocycles. The molecule has 3 heterocycles. The van der Waals surface area contributed by atoms with Crippen LogP contribution in [0.5, 0.6) is 0 Å². The third-order valence-electron chi connectivity index (χ3n) is 8.47. The Morgan fingerprint density at radius 1 is 1.13 bits per heavy atom. The molecular formula is C26H36N4O. The number of likely N-dealkylation sites (tertiary alicyclic amines) is 1. The zero-order chi connectivity index (χ0) is 21.8. The molecule has 0 radical (unpaired) electrons. The highest BCUT2D eigenvalue weighted by Crippen LogP contribution is 2.48. The Bertz CT molecular complexity index is 960. The highest BCUT2D eigenvalue weighted by molar-refractivity contribution is 6.06. The van der Waals surface area contributed by atoms with E-state index in [2.05, 4.69) is 42.0 Å². The molecule has 5 rings (SSSR count). The number of carbonyl (C=O) groups is 1. The number of aromatic nitrogens is 2. The Labute approximate surface area is 186 Å². The van der Waals surface area contributed by atoms with Gasteiger partial charge in [0.05, 0.1) is 0 Å². The summed E-state index contributed by atoms with van der Waals surface area (Å²) < 4.78 is 1.79. The van der Waals surface area contributed by atoms with Crippen molar-refractivity contribution in [2.75, 3.05) is 24.5 Å². The predicted octanol–water partition coefficient (Wildman–Crippen LogP) is 4.61. The lowest BCUT2D eigenvalue weighted by Gasteiger charge is -2.43. The van der Waals surface area contributed by atoms with Gasteiger partial charge < -0.3 is 9.80 Å². The molecule has 2 fully saturated rings. The molecule has 0 bridgehead atoms. The number of aryl methyl sites for hydroxylation is 3. The average molecular weight is 421 g/mol. The maximum Gasteiger partial charge on any atom is 0.278 e. The minimum atomic E-state index is 0.0347. The summed E-state index contributed by atoms with van der Waals surface area (Å²) in [4.78, 5) is 18.2. The van der Waals surface area contributed by atoms with Crippen LogP contribution in [0, 0.1) is 19.8 Å². The summed E-state index contributed by atoms with van der Waals surface area (Å²) in [7, 11) is 1.90. The van der Waals surface area contributed by atoms with Gasteiger partial charge in [0, 0.05) is 36.4 Å². The summed E-state index contributed by atoms with van der Waals surface area (Å²) in [5, 5.41) is 4.48. The molecule has 31 heavy (non-hydrogen) atoms. The molecule has 5 heteroatoms. The van der Waals surface area contributed by atoms with E-state index in [0.717, 1.165) is 49.8 Å². The minimum Gasteiger partial charge on any atom is -0.306 e. The van der Waals surface area contributed by atoms with E-state index in [0.29, 0.717) is 11.7 Å². The molecule has 166 valence electrons. The van der Waals surface area contributed by atoms with E-state index >= 15 is 0 Å². The Balaban J connectivity index is 1.40. The van der Waals surface area contributed by atoms with E-state index < -0.39 is 0 Å². The topological polar surface area (TPSA) is 41.4 Å². The minimum absolute atomic E-state index is 0.0347. The van der Waals surface area contributed by atoms with Gasteiger partial charge in [0.2, 0.25) is 0 Å². The fourth-order valence-electron chi connectivity index (χ4n) is 6.29. The first-order chi connectivity index (χ1) is 14.9. The largest absolute Gasteiger partial charge is 0.306 e. The molecule has 0 N–H and O–H groups in total.